The lowest BCUT2D eigenvalue weighted by Gasteiger charge is -2.23. The number of aryl methyl sites for hydroxylation is 1. The molecule has 24 heavy (non-hydrogen) atoms. The minimum Gasteiger partial charge on any atom is -0.376 e. The van der Waals surface area contributed by atoms with E-state index in [0.29, 0.717) is 24.7 Å². The maximum atomic E-state index is 11.8. The Hall–Kier alpha value is -0.970. The molecule has 0 saturated heterocycles. The molecule has 0 bridgehead atoms. The molecule has 0 atom stereocenters. The molecule has 0 aliphatic heterocycles. The Bertz CT molecular complexity index is 463. The molecular formula is C18H28Cl2N2O2. The van der Waals surface area contributed by atoms with Crippen molar-refractivity contribution in [1.82, 2.24) is 4.90 Å². The molecule has 0 aliphatic rings. The fourth-order valence-electron chi connectivity index (χ4n) is 2.57. The van der Waals surface area contributed by atoms with Crippen LogP contribution >= 0.6 is 23.2 Å². The molecular weight excluding hydrogens is 347 g/mol. The summed E-state index contributed by atoms with van der Waals surface area (Å²) in [6.45, 7) is 3.90. The molecule has 0 heterocycles. The first kappa shape index (κ1) is 21.1. The highest BCUT2D eigenvalue weighted by Gasteiger charge is 2.11. The average molecular weight is 375 g/mol. The van der Waals surface area contributed by atoms with E-state index in [-0.39, 0.29) is 12.6 Å². The Kier molecular flexibility index (Phi) is 10.9. The molecule has 0 radical (unpaired) electrons. The summed E-state index contributed by atoms with van der Waals surface area (Å²) < 4.78 is 0. The summed E-state index contributed by atoms with van der Waals surface area (Å²) in [6.07, 6.45) is 3.01. The fraction of sp³-hybridized carbons (Fsp3) is 0.611. The topological polar surface area (TPSA) is 43.8 Å². The van der Waals surface area contributed by atoms with E-state index in [1.807, 2.05) is 6.92 Å². The SMILES string of the molecule is CCCC(=O)N(CO)CCCc1ccc(N(CCCl)CCCl)cc1. The largest absolute Gasteiger partial charge is 0.376 e. The molecule has 0 saturated carbocycles. The third-order valence-corrected chi connectivity index (χ3v) is 4.23. The zero-order valence-corrected chi connectivity index (χ0v) is 15.9. The summed E-state index contributed by atoms with van der Waals surface area (Å²) in [4.78, 5) is 15.5. The van der Waals surface area contributed by atoms with Crippen LogP contribution in [0.5, 0.6) is 0 Å². The van der Waals surface area contributed by atoms with Gasteiger partial charge < -0.3 is 14.9 Å². The molecule has 0 aliphatic carbocycles. The number of carbonyl (C=O) groups excluding carboxylic acids is 1. The number of aliphatic hydroxyl groups is 1. The van der Waals surface area contributed by atoms with E-state index in [4.69, 9.17) is 23.2 Å². The molecule has 1 amide bonds. The van der Waals surface area contributed by atoms with Gasteiger partial charge >= 0.3 is 0 Å². The summed E-state index contributed by atoms with van der Waals surface area (Å²) in [5.41, 5.74) is 2.34. The van der Waals surface area contributed by atoms with Crippen LogP contribution in [-0.4, -0.2) is 54.0 Å². The summed E-state index contributed by atoms with van der Waals surface area (Å²) in [5.74, 6) is 1.16. The van der Waals surface area contributed by atoms with E-state index < -0.39 is 0 Å². The number of amides is 1. The molecule has 136 valence electrons. The van der Waals surface area contributed by atoms with Crippen LogP contribution in [0.25, 0.3) is 0 Å². The highest BCUT2D eigenvalue weighted by molar-refractivity contribution is 6.18. The van der Waals surface area contributed by atoms with Crippen LogP contribution < -0.4 is 4.90 Å². The summed E-state index contributed by atoms with van der Waals surface area (Å²) in [7, 11) is 0. The predicted octanol–water partition coefficient (Wildman–Crippen LogP) is 3.48. The van der Waals surface area contributed by atoms with E-state index in [1.165, 1.54) is 10.5 Å². The summed E-state index contributed by atoms with van der Waals surface area (Å²) in [6, 6.07) is 8.37. The fourth-order valence-corrected chi connectivity index (χ4v) is 2.98. The first-order valence-corrected chi connectivity index (χ1v) is 9.57. The number of hydrogen-bond donors (Lipinski definition) is 1. The van der Waals surface area contributed by atoms with Gasteiger partial charge in [-0.2, -0.15) is 0 Å². The van der Waals surface area contributed by atoms with Crippen molar-refractivity contribution in [3.63, 3.8) is 0 Å². The van der Waals surface area contributed by atoms with Gasteiger partial charge in [0.15, 0.2) is 0 Å². The van der Waals surface area contributed by atoms with Crippen LogP contribution in [0.3, 0.4) is 0 Å². The number of aliphatic hydroxyl groups excluding tert-OH is 1. The molecule has 0 unspecified atom stereocenters. The molecule has 1 aromatic rings. The van der Waals surface area contributed by atoms with Crippen molar-refractivity contribution in [2.24, 2.45) is 0 Å². The summed E-state index contributed by atoms with van der Waals surface area (Å²) in [5, 5.41) is 9.30. The molecule has 0 fully saturated rings. The maximum absolute atomic E-state index is 11.8. The van der Waals surface area contributed by atoms with Crippen LogP contribution in [0.2, 0.25) is 0 Å². The number of anilines is 1. The normalized spacial score (nSPS) is 10.7. The third kappa shape index (κ3) is 7.29. The van der Waals surface area contributed by atoms with Gasteiger partial charge in [0.25, 0.3) is 0 Å². The van der Waals surface area contributed by atoms with Crippen LogP contribution in [0.1, 0.15) is 31.7 Å². The predicted molar refractivity (Wildman–Crippen MR) is 102 cm³/mol. The Morgan fingerprint density at radius 3 is 2.21 bits per heavy atom. The van der Waals surface area contributed by atoms with Gasteiger partial charge in [-0.05, 0) is 37.0 Å². The molecule has 1 rings (SSSR count). The van der Waals surface area contributed by atoms with Crippen molar-refractivity contribution in [2.45, 2.75) is 32.6 Å². The molecule has 1 N–H and O–H groups in total. The van der Waals surface area contributed by atoms with Crippen molar-refractivity contribution < 1.29 is 9.90 Å². The number of hydrogen-bond acceptors (Lipinski definition) is 3. The standard InChI is InChI=1S/C18H28Cl2N2O2/c1-2-4-18(24)22(15-23)12-3-5-16-6-8-17(9-7-16)21(13-10-19)14-11-20/h6-9,23H,2-5,10-15H2,1H3. The number of halogens is 2. The number of carbonyl (C=O) groups is 1. The van der Waals surface area contributed by atoms with Gasteiger partial charge in [-0.3, -0.25) is 4.79 Å². The molecule has 4 nitrogen and oxygen atoms in total. The Morgan fingerprint density at radius 1 is 1.08 bits per heavy atom. The van der Waals surface area contributed by atoms with Crippen LogP contribution in [-0.2, 0) is 11.2 Å². The second kappa shape index (κ2) is 12.4. The molecule has 0 aromatic heterocycles. The molecule has 1 aromatic carbocycles. The van der Waals surface area contributed by atoms with Crippen LogP contribution in [0, 0.1) is 0 Å². The highest BCUT2D eigenvalue weighted by Crippen LogP contribution is 2.16. The maximum Gasteiger partial charge on any atom is 0.224 e. The van der Waals surface area contributed by atoms with Gasteiger partial charge in [-0.1, -0.05) is 19.1 Å². The zero-order chi connectivity index (χ0) is 17.8. The third-order valence-electron chi connectivity index (χ3n) is 3.89. The monoisotopic (exact) mass is 374 g/mol. The van der Waals surface area contributed by atoms with E-state index in [2.05, 4.69) is 29.2 Å². The van der Waals surface area contributed by atoms with Gasteiger partial charge in [0.05, 0.1) is 0 Å². The molecule has 0 spiro atoms. The Balaban J connectivity index is 2.50. The Morgan fingerprint density at radius 2 is 1.71 bits per heavy atom. The number of rotatable bonds is 12. The van der Waals surface area contributed by atoms with E-state index >= 15 is 0 Å². The first-order chi connectivity index (χ1) is 11.7. The highest BCUT2D eigenvalue weighted by atomic mass is 35.5. The van der Waals surface area contributed by atoms with E-state index in [1.54, 1.807) is 0 Å². The molecule has 6 heteroatoms. The summed E-state index contributed by atoms with van der Waals surface area (Å²) >= 11 is 11.7. The minimum absolute atomic E-state index is 0.0214. The second-order valence-electron chi connectivity index (χ2n) is 5.68. The Labute approximate surface area is 155 Å². The van der Waals surface area contributed by atoms with Crippen LogP contribution in [0.4, 0.5) is 5.69 Å². The lowest BCUT2D eigenvalue weighted by atomic mass is 10.1. The average Bonchev–Trinajstić information content (AvgIpc) is 2.59. The van der Waals surface area contributed by atoms with E-state index in [9.17, 15) is 9.90 Å². The number of benzene rings is 1. The van der Waals surface area contributed by atoms with Crippen LogP contribution in [0.15, 0.2) is 24.3 Å². The first-order valence-electron chi connectivity index (χ1n) is 8.50. The van der Waals surface area contributed by atoms with Crippen molar-refractivity contribution in [3.05, 3.63) is 29.8 Å². The lowest BCUT2D eigenvalue weighted by molar-refractivity contribution is -0.134. The van der Waals surface area contributed by atoms with Gasteiger partial charge in [-0.25, -0.2) is 0 Å². The number of nitrogens with zero attached hydrogens (tertiary/aromatic N) is 2. The zero-order valence-electron chi connectivity index (χ0n) is 14.4. The van der Waals surface area contributed by atoms with Gasteiger partial charge in [0, 0.05) is 43.5 Å². The minimum atomic E-state index is -0.205. The van der Waals surface area contributed by atoms with E-state index in [0.717, 1.165) is 38.0 Å². The van der Waals surface area contributed by atoms with Gasteiger partial charge in [-0.15, -0.1) is 23.2 Å². The van der Waals surface area contributed by atoms with Crippen molar-refractivity contribution in [1.29, 1.82) is 0 Å². The second-order valence-corrected chi connectivity index (χ2v) is 6.44. The van der Waals surface area contributed by atoms with Gasteiger partial charge in [0.2, 0.25) is 5.91 Å². The van der Waals surface area contributed by atoms with Crippen molar-refractivity contribution >= 4 is 34.8 Å². The lowest BCUT2D eigenvalue weighted by Crippen LogP contribution is -2.32. The number of alkyl halides is 2. The quantitative estimate of drug-likeness (QED) is 0.449. The smallest absolute Gasteiger partial charge is 0.224 e. The van der Waals surface area contributed by atoms with Crippen molar-refractivity contribution in [2.75, 3.05) is 43.0 Å². The van der Waals surface area contributed by atoms with Gasteiger partial charge in [0.1, 0.15) is 6.73 Å². The van der Waals surface area contributed by atoms with Crippen molar-refractivity contribution in [3.8, 4) is 0 Å².